The number of hydrogen-bond donors (Lipinski definition) is 2. The maximum Gasteiger partial charge on any atom is 0.352 e. The fraction of sp³-hybridized carbons (Fsp3) is 0. The van der Waals surface area contributed by atoms with E-state index >= 15 is 0 Å². The molecule has 88 valence electrons. The Labute approximate surface area is 103 Å². The number of benzene rings is 1. The highest BCUT2D eigenvalue weighted by atomic mass is 16.4. The Morgan fingerprint density at radius 3 is 2.78 bits per heavy atom. The van der Waals surface area contributed by atoms with Gasteiger partial charge in [0.25, 0.3) is 0 Å². The van der Waals surface area contributed by atoms with Crippen LogP contribution < -0.4 is 0 Å². The molecule has 3 aromatic rings. The Balaban J connectivity index is 2.21. The quantitative estimate of drug-likeness (QED) is 0.721. The summed E-state index contributed by atoms with van der Waals surface area (Å²) in [4.78, 5) is 18.0. The third-order valence-corrected chi connectivity index (χ3v) is 2.85. The molecule has 1 aromatic carbocycles. The second-order valence-electron chi connectivity index (χ2n) is 3.97. The lowest BCUT2D eigenvalue weighted by molar-refractivity contribution is 0.0691. The van der Waals surface area contributed by atoms with Crippen LogP contribution in [0.15, 0.2) is 48.7 Å². The van der Waals surface area contributed by atoms with E-state index in [1.807, 2.05) is 30.3 Å². The number of carboxylic acid groups (broad SMARTS) is 1. The van der Waals surface area contributed by atoms with Gasteiger partial charge in [-0.05, 0) is 24.3 Å². The molecule has 2 N–H and O–H groups in total. The zero-order valence-corrected chi connectivity index (χ0v) is 9.42. The summed E-state index contributed by atoms with van der Waals surface area (Å²) in [6.45, 7) is 0. The number of carboxylic acids is 1. The molecule has 2 heterocycles. The van der Waals surface area contributed by atoms with Crippen LogP contribution in [0.3, 0.4) is 0 Å². The predicted octanol–water partition coefficient (Wildman–Crippen LogP) is 2.93. The molecule has 0 atom stereocenters. The lowest BCUT2D eigenvalue weighted by Gasteiger charge is -2.03. The monoisotopic (exact) mass is 238 g/mol. The molecule has 0 fully saturated rings. The maximum atomic E-state index is 10.9. The van der Waals surface area contributed by atoms with Crippen molar-refractivity contribution in [1.29, 1.82) is 0 Å². The molecule has 4 nitrogen and oxygen atoms in total. The van der Waals surface area contributed by atoms with Gasteiger partial charge in [0.1, 0.15) is 5.69 Å². The van der Waals surface area contributed by atoms with Crippen molar-refractivity contribution >= 4 is 16.9 Å². The number of aromatic carboxylic acids is 1. The van der Waals surface area contributed by atoms with Crippen molar-refractivity contribution in [3.8, 4) is 11.3 Å². The molecule has 4 heteroatoms. The van der Waals surface area contributed by atoms with Gasteiger partial charge in [0, 0.05) is 22.8 Å². The molecule has 0 saturated carbocycles. The van der Waals surface area contributed by atoms with Gasteiger partial charge in [0.05, 0.1) is 5.52 Å². The van der Waals surface area contributed by atoms with E-state index in [4.69, 9.17) is 5.11 Å². The van der Waals surface area contributed by atoms with E-state index in [9.17, 15) is 4.79 Å². The first-order valence-corrected chi connectivity index (χ1v) is 5.52. The molecule has 0 amide bonds. The van der Waals surface area contributed by atoms with Gasteiger partial charge in [-0.25, -0.2) is 4.79 Å². The normalized spacial score (nSPS) is 10.7. The second-order valence-corrected chi connectivity index (χ2v) is 3.97. The average Bonchev–Trinajstić information content (AvgIpc) is 2.87. The molecule has 0 aliphatic carbocycles. The first-order valence-electron chi connectivity index (χ1n) is 5.52. The van der Waals surface area contributed by atoms with Crippen molar-refractivity contribution in [3.05, 3.63) is 54.4 Å². The topological polar surface area (TPSA) is 66.0 Å². The van der Waals surface area contributed by atoms with E-state index in [1.165, 1.54) is 0 Å². The third-order valence-electron chi connectivity index (χ3n) is 2.85. The van der Waals surface area contributed by atoms with Crippen LogP contribution in [0, 0.1) is 0 Å². The molecular weight excluding hydrogens is 228 g/mol. The van der Waals surface area contributed by atoms with Gasteiger partial charge in [-0.3, -0.25) is 4.98 Å². The Morgan fingerprint density at radius 1 is 1.11 bits per heavy atom. The highest BCUT2D eigenvalue weighted by molar-refractivity contribution is 5.95. The lowest BCUT2D eigenvalue weighted by atomic mass is 10.1. The smallest absolute Gasteiger partial charge is 0.352 e. The van der Waals surface area contributed by atoms with Crippen LogP contribution in [0.1, 0.15) is 10.5 Å². The third kappa shape index (κ3) is 1.64. The van der Waals surface area contributed by atoms with Gasteiger partial charge in [0.15, 0.2) is 0 Å². The van der Waals surface area contributed by atoms with Crippen LogP contribution >= 0.6 is 0 Å². The molecule has 0 aliphatic heterocycles. The Bertz CT molecular complexity index is 726. The highest BCUT2D eigenvalue weighted by Crippen LogP contribution is 2.26. The number of nitrogens with one attached hydrogen (secondary N) is 1. The largest absolute Gasteiger partial charge is 0.477 e. The number of aromatic nitrogens is 2. The van der Waals surface area contributed by atoms with Crippen LogP contribution in [0.2, 0.25) is 0 Å². The predicted molar refractivity (Wildman–Crippen MR) is 68.5 cm³/mol. The fourth-order valence-corrected chi connectivity index (χ4v) is 2.02. The Hall–Kier alpha value is -2.62. The molecule has 18 heavy (non-hydrogen) atoms. The number of hydrogen-bond acceptors (Lipinski definition) is 2. The zero-order chi connectivity index (χ0) is 12.5. The highest BCUT2D eigenvalue weighted by Gasteiger charge is 2.09. The van der Waals surface area contributed by atoms with Gasteiger partial charge >= 0.3 is 5.97 Å². The molecule has 0 spiro atoms. The zero-order valence-electron chi connectivity index (χ0n) is 9.42. The Morgan fingerprint density at radius 2 is 2.00 bits per heavy atom. The minimum absolute atomic E-state index is 0.186. The van der Waals surface area contributed by atoms with E-state index in [0.717, 1.165) is 22.2 Å². The van der Waals surface area contributed by atoms with Crippen molar-refractivity contribution in [2.24, 2.45) is 0 Å². The average molecular weight is 238 g/mol. The van der Waals surface area contributed by atoms with Crippen molar-refractivity contribution in [2.75, 3.05) is 0 Å². The number of carbonyl (C=O) groups is 1. The van der Waals surface area contributed by atoms with E-state index < -0.39 is 5.97 Å². The number of pyridine rings is 1. The van der Waals surface area contributed by atoms with E-state index in [0.29, 0.717) is 0 Å². The van der Waals surface area contributed by atoms with E-state index in [2.05, 4.69) is 9.97 Å². The van der Waals surface area contributed by atoms with Crippen LogP contribution in [0.4, 0.5) is 0 Å². The first kappa shape index (κ1) is 10.5. The van der Waals surface area contributed by atoms with Crippen LogP contribution in [-0.4, -0.2) is 21.0 Å². The minimum Gasteiger partial charge on any atom is -0.477 e. The molecular formula is C14H10N2O2. The van der Waals surface area contributed by atoms with Gasteiger partial charge in [0.2, 0.25) is 0 Å². The Kier molecular flexibility index (Phi) is 2.34. The molecule has 2 aromatic heterocycles. The summed E-state index contributed by atoms with van der Waals surface area (Å²) in [6, 6.07) is 13.0. The van der Waals surface area contributed by atoms with Crippen molar-refractivity contribution in [3.63, 3.8) is 0 Å². The molecule has 0 aliphatic rings. The summed E-state index contributed by atoms with van der Waals surface area (Å²) in [5, 5.41) is 9.91. The lowest BCUT2D eigenvalue weighted by Crippen LogP contribution is -1.95. The van der Waals surface area contributed by atoms with Crippen molar-refractivity contribution in [1.82, 2.24) is 9.97 Å². The number of H-pyrrole nitrogens is 1. The number of aromatic amines is 1. The first-order chi connectivity index (χ1) is 8.75. The minimum atomic E-state index is -0.959. The second kappa shape index (κ2) is 4.00. The van der Waals surface area contributed by atoms with Gasteiger partial charge in [-0.2, -0.15) is 0 Å². The molecule has 0 unspecified atom stereocenters. The summed E-state index contributed by atoms with van der Waals surface area (Å²) in [5.74, 6) is -0.959. The summed E-state index contributed by atoms with van der Waals surface area (Å²) in [7, 11) is 0. The van der Waals surface area contributed by atoms with Gasteiger partial charge in [-0.1, -0.05) is 18.2 Å². The van der Waals surface area contributed by atoms with E-state index in [1.54, 1.807) is 18.3 Å². The summed E-state index contributed by atoms with van der Waals surface area (Å²) < 4.78 is 0. The van der Waals surface area contributed by atoms with Crippen molar-refractivity contribution < 1.29 is 9.90 Å². The molecule has 0 saturated heterocycles. The number of rotatable bonds is 2. The van der Waals surface area contributed by atoms with Crippen LogP contribution in [-0.2, 0) is 0 Å². The molecule has 0 radical (unpaired) electrons. The SMILES string of the molecule is O=C(O)c1ccc(-c2cccc3ncccc23)[nH]1. The van der Waals surface area contributed by atoms with E-state index in [-0.39, 0.29) is 5.69 Å². The molecule has 3 rings (SSSR count). The van der Waals surface area contributed by atoms with Gasteiger partial charge in [-0.15, -0.1) is 0 Å². The number of fused-ring (bicyclic) bond motifs is 1. The summed E-state index contributed by atoms with van der Waals surface area (Å²) in [5.41, 5.74) is 2.81. The molecule has 0 bridgehead atoms. The maximum absolute atomic E-state index is 10.9. The summed E-state index contributed by atoms with van der Waals surface area (Å²) >= 11 is 0. The van der Waals surface area contributed by atoms with Crippen LogP contribution in [0.5, 0.6) is 0 Å². The fourth-order valence-electron chi connectivity index (χ4n) is 2.02. The van der Waals surface area contributed by atoms with Gasteiger partial charge < -0.3 is 10.1 Å². The summed E-state index contributed by atoms with van der Waals surface area (Å²) in [6.07, 6.45) is 1.74. The standard InChI is InChI=1S/C14H10N2O2/c17-14(18)13-7-6-12(16-13)10-3-1-5-11-9(10)4-2-8-15-11/h1-8,16H,(H,17,18). The van der Waals surface area contributed by atoms with Crippen LogP contribution in [0.25, 0.3) is 22.2 Å². The number of nitrogens with zero attached hydrogens (tertiary/aromatic N) is 1. The van der Waals surface area contributed by atoms with Crippen molar-refractivity contribution in [2.45, 2.75) is 0 Å².